The van der Waals surface area contributed by atoms with Crippen molar-refractivity contribution < 1.29 is 14.2 Å². The van der Waals surface area contributed by atoms with Gasteiger partial charge >= 0.3 is 0 Å². The first-order chi connectivity index (χ1) is 9.15. The molecule has 1 rings (SSSR count). The highest BCUT2D eigenvalue weighted by atomic mass is 79.9. The van der Waals surface area contributed by atoms with Gasteiger partial charge in [-0.3, -0.25) is 0 Å². The van der Waals surface area contributed by atoms with Crippen molar-refractivity contribution in [3.63, 3.8) is 0 Å². The molecule has 0 aliphatic heterocycles. The van der Waals surface area contributed by atoms with E-state index in [1.807, 2.05) is 31.2 Å². The van der Waals surface area contributed by atoms with Crippen molar-refractivity contribution in [3.8, 4) is 0 Å². The van der Waals surface area contributed by atoms with Crippen molar-refractivity contribution in [1.29, 1.82) is 0 Å². The molecule has 0 heterocycles. The molecule has 0 aliphatic rings. The lowest BCUT2D eigenvalue weighted by molar-refractivity contribution is -0.0141. The van der Waals surface area contributed by atoms with Crippen LogP contribution in [0.4, 0.5) is 0 Å². The molecular formula is C14H22BrNO3. The molecule has 2 unspecified atom stereocenters. The van der Waals surface area contributed by atoms with Gasteiger partial charge in [0.15, 0.2) is 0 Å². The van der Waals surface area contributed by atoms with Crippen molar-refractivity contribution in [2.24, 2.45) is 5.73 Å². The van der Waals surface area contributed by atoms with Crippen molar-refractivity contribution >= 4 is 15.9 Å². The minimum atomic E-state index is -0.112. The zero-order valence-electron chi connectivity index (χ0n) is 11.5. The molecule has 5 heteroatoms. The molecule has 19 heavy (non-hydrogen) atoms. The quantitative estimate of drug-likeness (QED) is 0.706. The van der Waals surface area contributed by atoms with E-state index >= 15 is 0 Å². The van der Waals surface area contributed by atoms with E-state index in [1.54, 1.807) is 7.11 Å². The molecular weight excluding hydrogens is 310 g/mol. The van der Waals surface area contributed by atoms with E-state index in [0.29, 0.717) is 26.4 Å². The summed E-state index contributed by atoms with van der Waals surface area (Å²) in [6, 6.07) is 7.94. The zero-order valence-corrected chi connectivity index (χ0v) is 13.1. The summed E-state index contributed by atoms with van der Waals surface area (Å²) < 4.78 is 17.1. The fraction of sp³-hybridized carbons (Fsp3) is 0.571. The number of methoxy groups -OCH3 is 1. The van der Waals surface area contributed by atoms with Crippen molar-refractivity contribution in [2.45, 2.75) is 19.1 Å². The average Bonchev–Trinajstić information content (AvgIpc) is 2.39. The fourth-order valence-electron chi connectivity index (χ4n) is 1.68. The summed E-state index contributed by atoms with van der Waals surface area (Å²) in [5, 5.41) is 0. The molecule has 0 radical (unpaired) electrons. The molecule has 108 valence electrons. The molecule has 0 bridgehead atoms. The maximum absolute atomic E-state index is 5.97. The van der Waals surface area contributed by atoms with Crippen LogP contribution in [0.3, 0.4) is 0 Å². The van der Waals surface area contributed by atoms with E-state index in [4.69, 9.17) is 19.9 Å². The molecule has 2 atom stereocenters. The first-order valence-electron chi connectivity index (χ1n) is 6.34. The van der Waals surface area contributed by atoms with E-state index in [9.17, 15) is 0 Å². The van der Waals surface area contributed by atoms with Crippen molar-refractivity contribution in [2.75, 3.05) is 33.5 Å². The SMILES string of the molecule is COCCOCCOC(c1ccc(Br)cc1)C(C)N. The summed E-state index contributed by atoms with van der Waals surface area (Å²) >= 11 is 3.42. The Bertz CT molecular complexity index is 343. The minimum absolute atomic E-state index is 0.0693. The number of benzene rings is 1. The van der Waals surface area contributed by atoms with Crippen LogP contribution < -0.4 is 5.73 Å². The van der Waals surface area contributed by atoms with Gasteiger partial charge in [0, 0.05) is 17.6 Å². The Labute approximate surface area is 123 Å². The zero-order chi connectivity index (χ0) is 14.1. The number of halogens is 1. The predicted octanol–water partition coefficient (Wildman–Crippen LogP) is 2.52. The monoisotopic (exact) mass is 331 g/mol. The lowest BCUT2D eigenvalue weighted by Gasteiger charge is -2.22. The smallest absolute Gasteiger partial charge is 0.0974 e. The number of nitrogens with two attached hydrogens (primary N) is 1. The summed E-state index contributed by atoms with van der Waals surface area (Å²) in [4.78, 5) is 0. The summed E-state index contributed by atoms with van der Waals surface area (Å²) in [5.74, 6) is 0. The van der Waals surface area contributed by atoms with Crippen LogP contribution in [0.15, 0.2) is 28.7 Å². The maximum atomic E-state index is 5.97. The second kappa shape index (κ2) is 9.44. The normalized spacial score (nSPS) is 14.3. The van der Waals surface area contributed by atoms with Crippen molar-refractivity contribution in [3.05, 3.63) is 34.3 Å². The first kappa shape index (κ1) is 16.6. The molecule has 1 aromatic carbocycles. The molecule has 4 nitrogen and oxygen atoms in total. The fourth-order valence-corrected chi connectivity index (χ4v) is 1.95. The van der Waals surface area contributed by atoms with Crippen molar-refractivity contribution in [1.82, 2.24) is 0 Å². The number of rotatable bonds is 9. The third kappa shape index (κ3) is 6.49. The Hall–Kier alpha value is -0.460. The highest BCUT2D eigenvalue weighted by molar-refractivity contribution is 9.10. The molecule has 0 saturated carbocycles. The van der Waals surface area contributed by atoms with Gasteiger partial charge in [-0.25, -0.2) is 0 Å². The summed E-state index contributed by atoms with van der Waals surface area (Å²) in [7, 11) is 1.65. The van der Waals surface area contributed by atoms with E-state index in [2.05, 4.69) is 15.9 Å². The first-order valence-corrected chi connectivity index (χ1v) is 7.13. The van der Waals surface area contributed by atoms with Crippen LogP contribution in [0.5, 0.6) is 0 Å². The van der Waals surface area contributed by atoms with Gasteiger partial charge in [-0.1, -0.05) is 28.1 Å². The molecule has 0 aromatic heterocycles. The standard InChI is InChI=1S/C14H22BrNO3/c1-11(16)14(12-3-5-13(15)6-4-12)19-10-9-18-8-7-17-2/h3-6,11,14H,7-10,16H2,1-2H3. The summed E-state index contributed by atoms with van der Waals surface area (Å²) in [5.41, 5.74) is 7.05. The van der Waals surface area contributed by atoms with Gasteiger partial charge in [0.25, 0.3) is 0 Å². The molecule has 2 N–H and O–H groups in total. The van der Waals surface area contributed by atoms with Crippen LogP contribution in [-0.4, -0.2) is 39.6 Å². The molecule has 0 saturated heterocycles. The Morgan fingerprint density at radius 2 is 1.74 bits per heavy atom. The van der Waals surface area contributed by atoms with Gasteiger partial charge in [0.2, 0.25) is 0 Å². The highest BCUT2D eigenvalue weighted by Gasteiger charge is 2.16. The number of hydrogen-bond acceptors (Lipinski definition) is 4. The Kier molecular flexibility index (Phi) is 8.25. The second-order valence-electron chi connectivity index (χ2n) is 4.31. The second-order valence-corrected chi connectivity index (χ2v) is 5.22. The lowest BCUT2D eigenvalue weighted by atomic mass is 10.0. The van der Waals surface area contributed by atoms with Crippen LogP contribution in [0.25, 0.3) is 0 Å². The Morgan fingerprint density at radius 3 is 2.32 bits per heavy atom. The number of ether oxygens (including phenoxy) is 3. The average molecular weight is 332 g/mol. The Morgan fingerprint density at radius 1 is 1.11 bits per heavy atom. The molecule has 0 amide bonds. The van der Waals surface area contributed by atoms with Crippen LogP contribution in [0.1, 0.15) is 18.6 Å². The van der Waals surface area contributed by atoms with Crippen LogP contribution >= 0.6 is 15.9 Å². The van der Waals surface area contributed by atoms with Crippen LogP contribution in [0, 0.1) is 0 Å². The third-order valence-electron chi connectivity index (χ3n) is 2.63. The maximum Gasteiger partial charge on any atom is 0.0974 e. The van der Waals surface area contributed by atoms with Gasteiger partial charge in [-0.05, 0) is 24.6 Å². The van der Waals surface area contributed by atoms with Gasteiger partial charge < -0.3 is 19.9 Å². The molecule has 0 fully saturated rings. The topological polar surface area (TPSA) is 53.7 Å². The minimum Gasteiger partial charge on any atom is -0.382 e. The van der Waals surface area contributed by atoms with E-state index in [0.717, 1.165) is 10.0 Å². The van der Waals surface area contributed by atoms with E-state index < -0.39 is 0 Å². The van der Waals surface area contributed by atoms with Crippen LogP contribution in [-0.2, 0) is 14.2 Å². The molecule has 0 aliphatic carbocycles. The largest absolute Gasteiger partial charge is 0.382 e. The Balaban J connectivity index is 2.39. The van der Waals surface area contributed by atoms with Crippen LogP contribution in [0.2, 0.25) is 0 Å². The molecule has 1 aromatic rings. The van der Waals surface area contributed by atoms with Gasteiger partial charge in [-0.15, -0.1) is 0 Å². The highest BCUT2D eigenvalue weighted by Crippen LogP contribution is 2.22. The predicted molar refractivity (Wildman–Crippen MR) is 79.2 cm³/mol. The van der Waals surface area contributed by atoms with E-state index in [1.165, 1.54) is 0 Å². The number of hydrogen-bond donors (Lipinski definition) is 1. The van der Waals surface area contributed by atoms with Gasteiger partial charge in [-0.2, -0.15) is 0 Å². The van der Waals surface area contributed by atoms with Gasteiger partial charge in [0.1, 0.15) is 0 Å². The van der Waals surface area contributed by atoms with Gasteiger partial charge in [0.05, 0.1) is 32.5 Å². The summed E-state index contributed by atoms with van der Waals surface area (Å²) in [6.07, 6.45) is -0.112. The summed E-state index contributed by atoms with van der Waals surface area (Å²) in [6.45, 7) is 4.19. The molecule has 0 spiro atoms. The third-order valence-corrected chi connectivity index (χ3v) is 3.16. The lowest BCUT2D eigenvalue weighted by Crippen LogP contribution is -2.28. The van der Waals surface area contributed by atoms with E-state index in [-0.39, 0.29) is 12.1 Å².